The van der Waals surface area contributed by atoms with Gasteiger partial charge in [-0.3, -0.25) is 0 Å². The van der Waals surface area contributed by atoms with Crippen LogP contribution < -0.4 is 10.9 Å². The second-order valence-corrected chi connectivity index (χ2v) is 9.88. The van der Waals surface area contributed by atoms with Crippen molar-refractivity contribution in [2.24, 2.45) is 0 Å². The summed E-state index contributed by atoms with van der Waals surface area (Å²) in [6.45, 7) is 16.5. The molecule has 4 nitrogen and oxygen atoms in total. The Morgan fingerprint density at radius 1 is 0.654 bits per heavy atom. The minimum atomic E-state index is -0.403. The number of halogens is 1. The molecule has 2 heterocycles. The van der Waals surface area contributed by atoms with Crippen LogP contribution in [-0.4, -0.2) is 36.6 Å². The van der Waals surface area contributed by atoms with Crippen LogP contribution in [0, 0.1) is 0 Å². The molecule has 7 heteroatoms. The van der Waals surface area contributed by atoms with Crippen LogP contribution in [-0.2, 0) is 23.9 Å². The molecule has 0 saturated carbocycles. The van der Waals surface area contributed by atoms with Crippen molar-refractivity contribution in [3.63, 3.8) is 0 Å². The fraction of sp³-hybridized carbons (Fsp3) is 0.684. The third-order valence-corrected chi connectivity index (χ3v) is 6.89. The lowest BCUT2D eigenvalue weighted by Gasteiger charge is -2.32. The number of alkyl halides is 1. The average Bonchev–Trinajstić information content (AvgIpc) is 2.86. The molecule has 3 rings (SSSR count). The van der Waals surface area contributed by atoms with E-state index >= 15 is 0 Å². The van der Waals surface area contributed by atoms with E-state index in [0.29, 0.717) is 0 Å². The molecule has 142 valence electrons. The van der Waals surface area contributed by atoms with E-state index in [2.05, 4.69) is 89.5 Å². The fourth-order valence-corrected chi connectivity index (χ4v) is 3.38. The predicted octanol–water partition coefficient (Wildman–Crippen LogP) is 3.18. The third kappa shape index (κ3) is 3.42. The summed E-state index contributed by atoms with van der Waals surface area (Å²) in [5.74, 6) is 0. The highest BCUT2D eigenvalue weighted by molar-refractivity contribution is 9.08. The molecule has 2 aliphatic heterocycles. The molecule has 1 aromatic carbocycles. The van der Waals surface area contributed by atoms with E-state index in [0.717, 1.165) is 21.8 Å². The summed E-state index contributed by atoms with van der Waals surface area (Å²) in [5.41, 5.74) is 1.65. The number of hydrogen-bond donors (Lipinski definition) is 0. The van der Waals surface area contributed by atoms with Crippen molar-refractivity contribution in [1.82, 2.24) is 0 Å². The van der Waals surface area contributed by atoms with Gasteiger partial charge in [0.05, 0.1) is 22.4 Å². The van der Waals surface area contributed by atoms with Crippen LogP contribution >= 0.6 is 15.9 Å². The van der Waals surface area contributed by atoms with Gasteiger partial charge in [-0.05, 0) is 71.9 Å². The summed E-state index contributed by atoms with van der Waals surface area (Å²) in [6.07, 6.45) is 0. The molecule has 0 N–H and O–H groups in total. The summed E-state index contributed by atoms with van der Waals surface area (Å²) in [4.78, 5) is 0. The lowest BCUT2D eigenvalue weighted by molar-refractivity contribution is 0.00578. The monoisotopic (exact) mass is 422 g/mol. The lowest BCUT2D eigenvalue weighted by Crippen LogP contribution is -2.41. The minimum absolute atomic E-state index is 0.368. The second-order valence-electron chi connectivity index (χ2n) is 9.32. The van der Waals surface area contributed by atoms with Crippen LogP contribution in [0.1, 0.15) is 61.0 Å². The van der Waals surface area contributed by atoms with Crippen molar-refractivity contribution < 1.29 is 18.6 Å². The van der Waals surface area contributed by atoms with Gasteiger partial charge in [-0.1, -0.05) is 34.1 Å². The van der Waals surface area contributed by atoms with Gasteiger partial charge < -0.3 is 18.6 Å². The van der Waals surface area contributed by atoms with E-state index < -0.39 is 14.2 Å². The standard InChI is InChI=1S/C19H29B2BrO4/c1-16(2)17(3,4)24-20(23-16)14-9-13(12-22)10-15(11-14)21-25-18(5,6)19(7,8)26-21/h9-11H,12H2,1-8H3. The fourth-order valence-electron chi connectivity index (χ4n) is 3.05. The maximum Gasteiger partial charge on any atom is 0.494 e. The highest BCUT2D eigenvalue weighted by Crippen LogP contribution is 2.38. The van der Waals surface area contributed by atoms with Gasteiger partial charge in [0.15, 0.2) is 0 Å². The van der Waals surface area contributed by atoms with Crippen molar-refractivity contribution in [3.05, 3.63) is 23.8 Å². The van der Waals surface area contributed by atoms with E-state index in [9.17, 15) is 0 Å². The first kappa shape index (κ1) is 20.4. The molecule has 1 aromatic rings. The molecule has 0 aromatic heterocycles. The van der Waals surface area contributed by atoms with Crippen molar-refractivity contribution in [2.45, 2.75) is 83.1 Å². The van der Waals surface area contributed by atoms with Crippen molar-refractivity contribution >= 4 is 41.1 Å². The van der Waals surface area contributed by atoms with Gasteiger partial charge >= 0.3 is 14.2 Å². The molecule has 2 fully saturated rings. The zero-order valence-corrected chi connectivity index (χ0v) is 18.7. The molecule has 0 spiro atoms. The van der Waals surface area contributed by atoms with E-state index in [1.807, 2.05) is 0 Å². The molecule has 0 aliphatic carbocycles. The summed E-state index contributed by atoms with van der Waals surface area (Å²) in [7, 11) is -0.805. The highest BCUT2D eigenvalue weighted by Gasteiger charge is 2.53. The van der Waals surface area contributed by atoms with Crippen molar-refractivity contribution in [3.8, 4) is 0 Å². The highest BCUT2D eigenvalue weighted by atomic mass is 79.9. The van der Waals surface area contributed by atoms with E-state index in [4.69, 9.17) is 18.6 Å². The van der Waals surface area contributed by atoms with Crippen molar-refractivity contribution in [1.29, 1.82) is 0 Å². The van der Waals surface area contributed by atoms with E-state index in [1.54, 1.807) is 0 Å². The van der Waals surface area contributed by atoms with E-state index in [-0.39, 0.29) is 22.4 Å². The molecule has 2 saturated heterocycles. The van der Waals surface area contributed by atoms with Crippen LogP contribution in [0.25, 0.3) is 0 Å². The Balaban J connectivity index is 1.94. The van der Waals surface area contributed by atoms with E-state index in [1.165, 1.54) is 0 Å². The molecule has 0 amide bonds. The number of hydrogen-bond acceptors (Lipinski definition) is 4. The Labute approximate surface area is 166 Å². The molecule has 0 unspecified atom stereocenters. The Bertz CT molecular complexity index is 617. The third-order valence-electron chi connectivity index (χ3n) is 6.24. The van der Waals surface area contributed by atoms with Gasteiger partial charge in [-0.15, -0.1) is 0 Å². The lowest BCUT2D eigenvalue weighted by atomic mass is 9.71. The molecule has 2 aliphatic rings. The van der Waals surface area contributed by atoms with Crippen LogP contribution in [0.5, 0.6) is 0 Å². The summed E-state index contributed by atoms with van der Waals surface area (Å²) >= 11 is 3.57. The Hall–Kier alpha value is -0.330. The minimum Gasteiger partial charge on any atom is -0.399 e. The predicted molar refractivity (Wildman–Crippen MR) is 111 cm³/mol. The number of benzene rings is 1. The zero-order valence-electron chi connectivity index (χ0n) is 17.1. The SMILES string of the molecule is CC1(C)OB(c2cc(CBr)cc(B3OC(C)(C)C(C)(C)O3)c2)OC1(C)C. The van der Waals surface area contributed by atoms with Crippen LogP contribution in [0.3, 0.4) is 0 Å². The zero-order chi connectivity index (χ0) is 19.5. The summed E-state index contributed by atoms with van der Waals surface area (Å²) in [5, 5.41) is 0.743. The Kier molecular flexibility index (Phi) is 4.98. The molecule has 0 radical (unpaired) electrons. The quantitative estimate of drug-likeness (QED) is 0.553. The van der Waals surface area contributed by atoms with Gasteiger partial charge in [-0.2, -0.15) is 0 Å². The largest absolute Gasteiger partial charge is 0.494 e. The molecule has 0 bridgehead atoms. The summed E-state index contributed by atoms with van der Waals surface area (Å²) < 4.78 is 24.9. The number of rotatable bonds is 3. The molecule has 26 heavy (non-hydrogen) atoms. The topological polar surface area (TPSA) is 36.9 Å². The first-order chi connectivity index (χ1) is 11.8. The summed E-state index contributed by atoms with van der Waals surface area (Å²) in [6, 6.07) is 6.31. The van der Waals surface area contributed by atoms with Gasteiger partial charge in [0.1, 0.15) is 0 Å². The van der Waals surface area contributed by atoms with Gasteiger partial charge in [0.25, 0.3) is 0 Å². The van der Waals surface area contributed by atoms with Gasteiger partial charge in [-0.25, -0.2) is 0 Å². The smallest absolute Gasteiger partial charge is 0.399 e. The van der Waals surface area contributed by atoms with Gasteiger partial charge in [0.2, 0.25) is 0 Å². The Morgan fingerprint density at radius 2 is 0.962 bits per heavy atom. The Morgan fingerprint density at radius 3 is 1.23 bits per heavy atom. The first-order valence-electron chi connectivity index (χ1n) is 9.19. The van der Waals surface area contributed by atoms with Gasteiger partial charge in [0, 0.05) is 5.33 Å². The normalized spacial score (nSPS) is 25.7. The van der Waals surface area contributed by atoms with Crippen LogP contribution in [0.15, 0.2) is 18.2 Å². The average molecular weight is 423 g/mol. The van der Waals surface area contributed by atoms with Crippen LogP contribution in [0.4, 0.5) is 0 Å². The maximum atomic E-state index is 6.23. The second kappa shape index (κ2) is 6.35. The van der Waals surface area contributed by atoms with Crippen LogP contribution in [0.2, 0.25) is 0 Å². The molecular formula is C19H29B2BrO4. The molecule has 0 atom stereocenters. The maximum absolute atomic E-state index is 6.23. The van der Waals surface area contributed by atoms with Crippen molar-refractivity contribution in [2.75, 3.05) is 0 Å². The first-order valence-corrected chi connectivity index (χ1v) is 10.3. The molecular weight excluding hydrogens is 394 g/mol.